The van der Waals surface area contributed by atoms with Gasteiger partial charge in [0.1, 0.15) is 11.6 Å². The molecule has 1 saturated heterocycles. The van der Waals surface area contributed by atoms with Crippen molar-refractivity contribution in [2.75, 3.05) is 11.4 Å². The van der Waals surface area contributed by atoms with Crippen LogP contribution in [-0.4, -0.2) is 39.3 Å². The van der Waals surface area contributed by atoms with E-state index in [1.807, 2.05) is 0 Å². The van der Waals surface area contributed by atoms with Crippen LogP contribution in [0.4, 0.5) is 19.0 Å². The summed E-state index contributed by atoms with van der Waals surface area (Å²) < 4.78 is 39.9. The van der Waals surface area contributed by atoms with Gasteiger partial charge in [0.05, 0.1) is 6.20 Å². The Morgan fingerprint density at radius 1 is 1.40 bits per heavy atom. The third-order valence-corrected chi connectivity index (χ3v) is 3.96. The van der Waals surface area contributed by atoms with Crippen LogP contribution < -0.4 is 10.2 Å². The molecule has 1 unspecified atom stereocenters. The first-order valence-corrected chi connectivity index (χ1v) is 7.28. The van der Waals surface area contributed by atoms with Crippen molar-refractivity contribution in [2.45, 2.75) is 18.6 Å². The number of carbonyl (C=O) groups excluding carboxylic acids is 2. The van der Waals surface area contributed by atoms with Crippen molar-refractivity contribution < 1.29 is 27.9 Å². The minimum atomic E-state index is -2.35. The van der Waals surface area contributed by atoms with Crippen LogP contribution in [-0.2, 0) is 16.1 Å². The molecule has 3 rings (SSSR count). The lowest BCUT2D eigenvalue weighted by molar-refractivity contribution is -0.149. The minimum absolute atomic E-state index is 0.0634. The number of halogens is 3. The Hall–Kier alpha value is -2.88. The average Bonchev–Trinajstić information content (AvgIpc) is 3.19. The number of carbonyl (C=O) groups is 2. The summed E-state index contributed by atoms with van der Waals surface area (Å²) in [5.41, 5.74) is -2.79. The van der Waals surface area contributed by atoms with Crippen molar-refractivity contribution >= 4 is 17.6 Å². The lowest BCUT2D eigenvalue weighted by Crippen LogP contribution is -2.52. The first kappa shape index (κ1) is 17.0. The number of nitrogens with one attached hydrogen (secondary N) is 2. The lowest BCUT2D eigenvalue weighted by atomic mass is 10.0. The van der Waals surface area contributed by atoms with Gasteiger partial charge < -0.3 is 10.4 Å². The normalized spacial score (nSPS) is 20.2. The monoisotopic (exact) mass is 354 g/mol. The molecule has 1 aliphatic heterocycles. The van der Waals surface area contributed by atoms with Gasteiger partial charge in [0, 0.05) is 37.2 Å². The fourth-order valence-electron chi connectivity index (χ4n) is 2.60. The molecular formula is C15H13F3N4O3. The van der Waals surface area contributed by atoms with Crippen molar-refractivity contribution in [1.82, 2.24) is 15.5 Å². The summed E-state index contributed by atoms with van der Waals surface area (Å²) in [7, 11) is 0. The van der Waals surface area contributed by atoms with Gasteiger partial charge in [-0.15, -0.1) is 0 Å². The SMILES string of the molecule is O=C(NCc1cc(F)cc(F)c1F)C1(O)CCN(c2ccn[nH]2)C1=O. The molecule has 1 aliphatic rings. The van der Waals surface area contributed by atoms with Crippen LogP contribution in [0.15, 0.2) is 24.4 Å². The van der Waals surface area contributed by atoms with Gasteiger partial charge in [0.25, 0.3) is 11.8 Å². The number of aromatic amines is 1. The third kappa shape index (κ3) is 2.95. The molecule has 0 spiro atoms. The first-order valence-electron chi connectivity index (χ1n) is 7.28. The lowest BCUT2D eigenvalue weighted by Gasteiger charge is -2.21. The van der Waals surface area contributed by atoms with E-state index in [2.05, 4.69) is 15.5 Å². The Morgan fingerprint density at radius 3 is 2.84 bits per heavy atom. The summed E-state index contributed by atoms with van der Waals surface area (Å²) in [5, 5.41) is 18.7. The van der Waals surface area contributed by atoms with Gasteiger partial charge in [0.15, 0.2) is 11.6 Å². The van der Waals surface area contributed by atoms with Crippen LogP contribution in [0.1, 0.15) is 12.0 Å². The quantitative estimate of drug-likeness (QED) is 0.554. The highest BCUT2D eigenvalue weighted by Crippen LogP contribution is 2.27. The number of H-pyrrole nitrogens is 1. The Bertz CT molecular complexity index is 828. The number of benzene rings is 1. The molecule has 1 aromatic carbocycles. The maximum absolute atomic E-state index is 13.6. The number of rotatable bonds is 4. The number of hydrogen-bond acceptors (Lipinski definition) is 4. The number of aliphatic hydroxyl groups is 1. The van der Waals surface area contributed by atoms with E-state index < -0.39 is 47.0 Å². The molecule has 10 heteroatoms. The standard InChI is InChI=1S/C15H13F3N4O3/c16-9-5-8(12(18)10(17)6-9)7-19-13(23)15(25)2-4-22(14(15)24)11-1-3-20-21-11/h1,3,5-6,25H,2,4,7H2,(H,19,23)(H,20,21). The summed E-state index contributed by atoms with van der Waals surface area (Å²) in [6, 6.07) is 2.58. The number of amides is 2. The molecule has 0 aliphatic carbocycles. The molecule has 0 radical (unpaired) electrons. The van der Waals surface area contributed by atoms with E-state index in [4.69, 9.17) is 0 Å². The Morgan fingerprint density at radius 2 is 2.16 bits per heavy atom. The second-order valence-electron chi connectivity index (χ2n) is 5.55. The summed E-state index contributed by atoms with van der Waals surface area (Å²) in [6.07, 6.45) is 1.21. The van der Waals surface area contributed by atoms with E-state index in [-0.39, 0.29) is 13.0 Å². The van der Waals surface area contributed by atoms with Crippen LogP contribution in [0, 0.1) is 17.5 Å². The predicted molar refractivity (Wildman–Crippen MR) is 78.7 cm³/mol. The molecule has 3 N–H and O–H groups in total. The Balaban J connectivity index is 1.72. The van der Waals surface area contributed by atoms with Crippen LogP contribution in [0.5, 0.6) is 0 Å². The van der Waals surface area contributed by atoms with Gasteiger partial charge in [-0.2, -0.15) is 5.10 Å². The van der Waals surface area contributed by atoms with Crippen molar-refractivity contribution in [3.8, 4) is 0 Å². The highest BCUT2D eigenvalue weighted by molar-refractivity contribution is 6.16. The zero-order chi connectivity index (χ0) is 18.2. The van der Waals surface area contributed by atoms with Crippen molar-refractivity contribution in [2.24, 2.45) is 0 Å². The topological polar surface area (TPSA) is 98.3 Å². The molecular weight excluding hydrogens is 341 g/mol. The van der Waals surface area contributed by atoms with Crippen molar-refractivity contribution in [3.05, 3.63) is 47.4 Å². The second kappa shape index (κ2) is 6.20. The maximum Gasteiger partial charge on any atom is 0.270 e. The van der Waals surface area contributed by atoms with E-state index in [1.54, 1.807) is 0 Å². The number of aromatic nitrogens is 2. The van der Waals surface area contributed by atoms with Gasteiger partial charge in [-0.25, -0.2) is 13.2 Å². The first-order chi connectivity index (χ1) is 11.8. The largest absolute Gasteiger partial charge is 0.372 e. The highest BCUT2D eigenvalue weighted by Gasteiger charge is 2.52. The molecule has 1 fully saturated rings. The smallest absolute Gasteiger partial charge is 0.270 e. The highest BCUT2D eigenvalue weighted by atomic mass is 19.2. The predicted octanol–water partition coefficient (Wildman–Crippen LogP) is 0.611. The van der Waals surface area contributed by atoms with Crippen LogP contribution in [0.2, 0.25) is 0 Å². The summed E-state index contributed by atoms with van der Waals surface area (Å²) in [6.45, 7) is -0.521. The maximum atomic E-state index is 13.6. The van der Waals surface area contributed by atoms with E-state index in [1.165, 1.54) is 12.3 Å². The molecule has 132 valence electrons. The van der Waals surface area contributed by atoms with Gasteiger partial charge >= 0.3 is 0 Å². The van der Waals surface area contributed by atoms with E-state index in [0.717, 1.165) is 11.0 Å². The van der Waals surface area contributed by atoms with Crippen molar-refractivity contribution in [1.29, 1.82) is 0 Å². The zero-order valence-corrected chi connectivity index (χ0v) is 12.7. The molecule has 2 amide bonds. The Labute approximate surface area is 139 Å². The second-order valence-corrected chi connectivity index (χ2v) is 5.55. The molecule has 1 aromatic heterocycles. The van der Waals surface area contributed by atoms with Gasteiger partial charge in [-0.1, -0.05) is 0 Å². The van der Waals surface area contributed by atoms with Gasteiger partial charge in [-0.05, 0) is 6.07 Å². The average molecular weight is 354 g/mol. The Kier molecular flexibility index (Phi) is 4.21. The number of anilines is 1. The summed E-state index contributed by atoms with van der Waals surface area (Å²) in [5.74, 6) is -5.37. The van der Waals surface area contributed by atoms with Crippen LogP contribution in [0.25, 0.3) is 0 Å². The van der Waals surface area contributed by atoms with E-state index in [9.17, 15) is 27.9 Å². The molecule has 0 saturated carbocycles. The van der Waals surface area contributed by atoms with Gasteiger partial charge in [-0.3, -0.25) is 19.6 Å². The number of hydrogen-bond donors (Lipinski definition) is 3. The minimum Gasteiger partial charge on any atom is -0.372 e. The van der Waals surface area contributed by atoms with Crippen molar-refractivity contribution in [3.63, 3.8) is 0 Å². The van der Waals surface area contributed by atoms with Crippen LogP contribution >= 0.6 is 0 Å². The fraction of sp³-hybridized carbons (Fsp3) is 0.267. The summed E-state index contributed by atoms with van der Waals surface area (Å²) >= 11 is 0. The fourth-order valence-corrected chi connectivity index (χ4v) is 2.60. The molecule has 0 bridgehead atoms. The van der Waals surface area contributed by atoms with E-state index >= 15 is 0 Å². The molecule has 25 heavy (non-hydrogen) atoms. The third-order valence-electron chi connectivity index (χ3n) is 3.96. The zero-order valence-electron chi connectivity index (χ0n) is 12.7. The molecule has 2 aromatic rings. The molecule has 7 nitrogen and oxygen atoms in total. The van der Waals surface area contributed by atoms with Crippen LogP contribution in [0.3, 0.4) is 0 Å². The van der Waals surface area contributed by atoms with Gasteiger partial charge in [0.2, 0.25) is 5.60 Å². The molecule has 1 atom stereocenters. The molecule has 2 heterocycles. The number of nitrogens with zero attached hydrogens (tertiary/aromatic N) is 2. The van der Waals surface area contributed by atoms with E-state index in [0.29, 0.717) is 11.9 Å². The summed E-state index contributed by atoms with van der Waals surface area (Å²) in [4.78, 5) is 25.7.